The lowest BCUT2D eigenvalue weighted by Gasteiger charge is -2.44. The number of hydrogen-bond acceptors (Lipinski definition) is 2. The van der Waals surface area contributed by atoms with E-state index in [0.717, 1.165) is 12.0 Å². The van der Waals surface area contributed by atoms with Gasteiger partial charge in [0.1, 0.15) is 0 Å². The highest BCUT2D eigenvalue weighted by Crippen LogP contribution is 2.35. The van der Waals surface area contributed by atoms with Crippen molar-refractivity contribution >= 4 is 0 Å². The summed E-state index contributed by atoms with van der Waals surface area (Å²) in [5.74, 6) is 0.935. The molecular weight excluding hydrogens is 220 g/mol. The topological polar surface area (TPSA) is 6.48 Å². The number of piperidine rings is 2. The third kappa shape index (κ3) is 3.48. The molecule has 0 aromatic carbocycles. The molecule has 0 atom stereocenters. The molecule has 0 spiro atoms. The minimum Gasteiger partial charge on any atom is -0.303 e. The molecule has 2 heterocycles. The molecule has 0 saturated carbocycles. The summed E-state index contributed by atoms with van der Waals surface area (Å²) in [7, 11) is 0. The van der Waals surface area contributed by atoms with Crippen molar-refractivity contribution in [3.05, 3.63) is 0 Å². The summed E-state index contributed by atoms with van der Waals surface area (Å²) in [6, 6.07) is 0.883. The van der Waals surface area contributed by atoms with Crippen molar-refractivity contribution in [1.82, 2.24) is 9.80 Å². The summed E-state index contributed by atoms with van der Waals surface area (Å²) in [5, 5.41) is 0. The summed E-state index contributed by atoms with van der Waals surface area (Å²) in [4.78, 5) is 5.38. The molecule has 0 radical (unpaired) electrons. The van der Waals surface area contributed by atoms with Crippen LogP contribution in [0.4, 0.5) is 0 Å². The summed E-state index contributed by atoms with van der Waals surface area (Å²) < 4.78 is 0. The lowest BCUT2D eigenvalue weighted by atomic mass is 9.75. The van der Waals surface area contributed by atoms with E-state index in [2.05, 4.69) is 37.5 Å². The molecule has 0 unspecified atom stereocenters. The van der Waals surface area contributed by atoms with Gasteiger partial charge in [0.2, 0.25) is 0 Å². The van der Waals surface area contributed by atoms with Crippen LogP contribution in [0.2, 0.25) is 0 Å². The third-order valence-electron chi connectivity index (χ3n) is 5.28. The highest BCUT2D eigenvalue weighted by Gasteiger charge is 2.32. The standard InChI is InChI=1S/C16H32N2/c1-5-17-10-8-15(9-11-17)18-12-6-14(7-13-18)16(2,3)4/h14-15H,5-13H2,1-4H3. The van der Waals surface area contributed by atoms with Crippen molar-refractivity contribution in [2.75, 3.05) is 32.7 Å². The maximum Gasteiger partial charge on any atom is 0.0120 e. The Labute approximate surface area is 114 Å². The lowest BCUT2D eigenvalue weighted by Crippen LogP contribution is -2.48. The first-order valence-corrected chi connectivity index (χ1v) is 7.97. The van der Waals surface area contributed by atoms with Gasteiger partial charge in [-0.05, 0) is 69.7 Å². The van der Waals surface area contributed by atoms with Crippen LogP contribution in [-0.2, 0) is 0 Å². The molecule has 0 bridgehead atoms. The van der Waals surface area contributed by atoms with Gasteiger partial charge < -0.3 is 9.80 Å². The molecule has 0 aromatic rings. The SMILES string of the molecule is CCN1CCC(N2CCC(C(C)(C)C)CC2)CC1. The fourth-order valence-corrected chi connectivity index (χ4v) is 3.73. The number of rotatable bonds is 2. The van der Waals surface area contributed by atoms with Gasteiger partial charge in [-0.15, -0.1) is 0 Å². The molecule has 2 nitrogen and oxygen atoms in total. The van der Waals surface area contributed by atoms with Gasteiger partial charge in [0.05, 0.1) is 0 Å². The second-order valence-electron chi connectivity index (χ2n) is 7.34. The molecule has 2 aliphatic heterocycles. The molecule has 0 N–H and O–H groups in total. The van der Waals surface area contributed by atoms with Gasteiger partial charge in [0.15, 0.2) is 0 Å². The van der Waals surface area contributed by atoms with Crippen molar-refractivity contribution in [2.45, 2.75) is 59.4 Å². The van der Waals surface area contributed by atoms with Crippen LogP contribution in [0, 0.1) is 11.3 Å². The van der Waals surface area contributed by atoms with E-state index in [1.807, 2.05) is 0 Å². The highest BCUT2D eigenvalue weighted by molar-refractivity contribution is 4.86. The molecule has 2 rings (SSSR count). The summed E-state index contributed by atoms with van der Waals surface area (Å²) in [6.07, 6.45) is 5.62. The van der Waals surface area contributed by atoms with E-state index in [1.54, 1.807) is 0 Å². The largest absolute Gasteiger partial charge is 0.303 e. The second-order valence-corrected chi connectivity index (χ2v) is 7.34. The zero-order valence-electron chi connectivity index (χ0n) is 12.9. The van der Waals surface area contributed by atoms with Crippen LogP contribution >= 0.6 is 0 Å². The van der Waals surface area contributed by atoms with Crippen molar-refractivity contribution in [2.24, 2.45) is 11.3 Å². The Kier molecular flexibility index (Phi) is 4.71. The zero-order valence-corrected chi connectivity index (χ0v) is 12.9. The Morgan fingerprint density at radius 2 is 1.44 bits per heavy atom. The Hall–Kier alpha value is -0.0800. The maximum atomic E-state index is 2.79. The normalized spacial score (nSPS) is 26.7. The van der Waals surface area contributed by atoms with Crippen LogP contribution < -0.4 is 0 Å². The van der Waals surface area contributed by atoms with Crippen LogP contribution in [0.15, 0.2) is 0 Å². The van der Waals surface area contributed by atoms with Crippen molar-refractivity contribution in [3.8, 4) is 0 Å². The number of likely N-dealkylation sites (tertiary alicyclic amines) is 2. The third-order valence-corrected chi connectivity index (χ3v) is 5.28. The van der Waals surface area contributed by atoms with Gasteiger partial charge in [0.25, 0.3) is 0 Å². The molecule has 18 heavy (non-hydrogen) atoms. The average molecular weight is 252 g/mol. The Bertz CT molecular complexity index is 240. The molecule has 2 aliphatic rings. The van der Waals surface area contributed by atoms with Crippen LogP contribution in [0.3, 0.4) is 0 Å². The van der Waals surface area contributed by atoms with Crippen molar-refractivity contribution in [3.63, 3.8) is 0 Å². The van der Waals surface area contributed by atoms with E-state index in [0.29, 0.717) is 5.41 Å². The predicted octanol–water partition coefficient (Wildman–Crippen LogP) is 3.23. The number of hydrogen-bond donors (Lipinski definition) is 0. The molecule has 0 amide bonds. The molecule has 0 aromatic heterocycles. The predicted molar refractivity (Wildman–Crippen MR) is 78.9 cm³/mol. The van der Waals surface area contributed by atoms with Crippen LogP contribution in [0.5, 0.6) is 0 Å². The minimum absolute atomic E-state index is 0.512. The monoisotopic (exact) mass is 252 g/mol. The Balaban J connectivity index is 1.77. The van der Waals surface area contributed by atoms with E-state index < -0.39 is 0 Å². The van der Waals surface area contributed by atoms with E-state index in [4.69, 9.17) is 0 Å². The van der Waals surface area contributed by atoms with Gasteiger partial charge in [-0.25, -0.2) is 0 Å². The second kappa shape index (κ2) is 5.92. The first kappa shape index (κ1) is 14.3. The first-order chi connectivity index (χ1) is 8.50. The minimum atomic E-state index is 0.512. The number of nitrogens with zero attached hydrogens (tertiary/aromatic N) is 2. The van der Waals surface area contributed by atoms with Gasteiger partial charge in [0, 0.05) is 6.04 Å². The van der Waals surface area contributed by atoms with Crippen molar-refractivity contribution in [1.29, 1.82) is 0 Å². The fourth-order valence-electron chi connectivity index (χ4n) is 3.73. The molecule has 106 valence electrons. The van der Waals surface area contributed by atoms with E-state index in [9.17, 15) is 0 Å². The van der Waals surface area contributed by atoms with Gasteiger partial charge in [-0.1, -0.05) is 27.7 Å². The highest BCUT2D eigenvalue weighted by atomic mass is 15.2. The molecule has 2 heteroatoms. The molecular formula is C16H32N2. The van der Waals surface area contributed by atoms with Crippen LogP contribution in [0.25, 0.3) is 0 Å². The van der Waals surface area contributed by atoms with Crippen molar-refractivity contribution < 1.29 is 0 Å². The Morgan fingerprint density at radius 1 is 0.889 bits per heavy atom. The maximum absolute atomic E-state index is 2.79. The lowest BCUT2D eigenvalue weighted by molar-refractivity contribution is 0.0530. The Morgan fingerprint density at radius 3 is 1.89 bits per heavy atom. The van der Waals surface area contributed by atoms with Gasteiger partial charge >= 0.3 is 0 Å². The van der Waals surface area contributed by atoms with E-state index >= 15 is 0 Å². The first-order valence-electron chi connectivity index (χ1n) is 7.97. The van der Waals surface area contributed by atoms with Gasteiger partial charge in [-0.3, -0.25) is 0 Å². The average Bonchev–Trinajstić information content (AvgIpc) is 2.38. The summed E-state index contributed by atoms with van der Waals surface area (Å²) in [5.41, 5.74) is 0.512. The van der Waals surface area contributed by atoms with E-state index in [-0.39, 0.29) is 0 Å². The molecule has 2 fully saturated rings. The fraction of sp³-hybridized carbons (Fsp3) is 1.00. The van der Waals surface area contributed by atoms with Crippen LogP contribution in [-0.4, -0.2) is 48.6 Å². The quantitative estimate of drug-likeness (QED) is 0.744. The van der Waals surface area contributed by atoms with Crippen LogP contribution in [0.1, 0.15) is 53.4 Å². The zero-order chi connectivity index (χ0) is 13.2. The molecule has 2 saturated heterocycles. The molecule has 0 aliphatic carbocycles. The van der Waals surface area contributed by atoms with E-state index in [1.165, 1.54) is 58.4 Å². The smallest absolute Gasteiger partial charge is 0.0120 e. The van der Waals surface area contributed by atoms with Gasteiger partial charge in [-0.2, -0.15) is 0 Å². The summed E-state index contributed by atoms with van der Waals surface area (Å²) in [6.45, 7) is 16.1. The summed E-state index contributed by atoms with van der Waals surface area (Å²) >= 11 is 0.